The maximum Gasteiger partial charge on any atom is 0.0758 e. The molecule has 0 radical (unpaired) electrons. The van der Waals surface area contributed by atoms with Crippen LogP contribution in [0.1, 0.15) is 84.5 Å². The second-order valence-electron chi connectivity index (χ2n) is 9.29. The van der Waals surface area contributed by atoms with Gasteiger partial charge in [0.05, 0.1) is 18.3 Å². The van der Waals surface area contributed by atoms with E-state index in [9.17, 15) is 15.3 Å². The summed E-state index contributed by atoms with van der Waals surface area (Å²) in [5.74, 6) is 0. The smallest absolute Gasteiger partial charge is 0.0758 e. The minimum Gasteiger partial charge on any atom is -0.392 e. The third-order valence-corrected chi connectivity index (χ3v) is 5.65. The molecule has 200 valence electrons. The van der Waals surface area contributed by atoms with Crippen LogP contribution in [0.15, 0.2) is 72.9 Å². The Bertz CT molecular complexity index is 648. The Morgan fingerprint density at radius 2 is 1.11 bits per heavy atom. The number of hydrogen-bond acceptors (Lipinski definition) is 5. The Morgan fingerprint density at radius 1 is 0.571 bits per heavy atom. The molecule has 0 rings (SSSR count). The molecule has 0 aromatic carbocycles. The molecule has 0 amide bonds. The van der Waals surface area contributed by atoms with Gasteiger partial charge in [0.25, 0.3) is 0 Å². The van der Waals surface area contributed by atoms with Gasteiger partial charge in [0, 0.05) is 12.1 Å². The average molecular weight is 489 g/mol. The van der Waals surface area contributed by atoms with E-state index in [4.69, 9.17) is 11.5 Å². The van der Waals surface area contributed by atoms with Gasteiger partial charge in [-0.3, -0.25) is 0 Å². The molecular formula is C30H52N2O3. The van der Waals surface area contributed by atoms with Crippen molar-refractivity contribution in [3.8, 4) is 0 Å². The molecule has 0 saturated heterocycles. The van der Waals surface area contributed by atoms with Gasteiger partial charge >= 0.3 is 0 Å². The highest BCUT2D eigenvalue weighted by Gasteiger charge is 2.08. The first-order valence-corrected chi connectivity index (χ1v) is 13.3. The van der Waals surface area contributed by atoms with E-state index >= 15 is 0 Å². The molecule has 0 aromatic heterocycles. The van der Waals surface area contributed by atoms with Crippen molar-refractivity contribution in [2.45, 2.75) is 115 Å². The predicted octanol–water partition coefficient (Wildman–Crippen LogP) is 5.39. The molecule has 0 heterocycles. The van der Waals surface area contributed by atoms with E-state index in [-0.39, 0.29) is 18.2 Å². The number of rotatable bonds is 21. The van der Waals surface area contributed by atoms with Crippen LogP contribution in [-0.2, 0) is 0 Å². The summed E-state index contributed by atoms with van der Waals surface area (Å²) < 4.78 is 0. The molecule has 0 bridgehead atoms. The topological polar surface area (TPSA) is 113 Å². The molecule has 5 nitrogen and oxygen atoms in total. The number of hydrogen-bond donors (Lipinski definition) is 5. The molecule has 0 aliphatic rings. The fourth-order valence-electron chi connectivity index (χ4n) is 3.18. The van der Waals surface area contributed by atoms with Crippen molar-refractivity contribution in [3.05, 3.63) is 72.9 Å². The highest BCUT2D eigenvalue weighted by Crippen LogP contribution is 2.09. The van der Waals surface area contributed by atoms with Crippen LogP contribution in [0.5, 0.6) is 0 Å². The van der Waals surface area contributed by atoms with Gasteiger partial charge < -0.3 is 26.8 Å². The van der Waals surface area contributed by atoms with E-state index in [1.807, 2.05) is 31.2 Å². The SMILES string of the molecule is C[C@@H](N)[C@@H](O)C/C=C\CC(O)/C=C/C=C\C/C=C\C/C=C\C/C=C\CCCCCC[C@H](O)[C@@H](C)N. The Balaban J connectivity index is 3.66. The summed E-state index contributed by atoms with van der Waals surface area (Å²) in [7, 11) is 0. The van der Waals surface area contributed by atoms with Crippen LogP contribution < -0.4 is 11.5 Å². The number of aliphatic hydroxyl groups excluding tert-OH is 3. The zero-order chi connectivity index (χ0) is 26.2. The third kappa shape index (κ3) is 23.7. The Kier molecular flexibility index (Phi) is 22.8. The van der Waals surface area contributed by atoms with Gasteiger partial charge in [-0.05, 0) is 65.2 Å². The molecule has 0 aromatic rings. The fourth-order valence-corrected chi connectivity index (χ4v) is 3.18. The Labute approximate surface area is 214 Å². The lowest BCUT2D eigenvalue weighted by Crippen LogP contribution is -2.31. The lowest BCUT2D eigenvalue weighted by Gasteiger charge is -2.13. The average Bonchev–Trinajstić information content (AvgIpc) is 2.82. The molecule has 35 heavy (non-hydrogen) atoms. The maximum absolute atomic E-state index is 9.89. The van der Waals surface area contributed by atoms with Crippen LogP contribution >= 0.6 is 0 Å². The van der Waals surface area contributed by atoms with Gasteiger partial charge in [-0.1, -0.05) is 92.2 Å². The van der Waals surface area contributed by atoms with Crippen LogP contribution in [0.4, 0.5) is 0 Å². The molecule has 1 unspecified atom stereocenters. The summed E-state index contributed by atoms with van der Waals surface area (Å²) in [6.45, 7) is 3.63. The summed E-state index contributed by atoms with van der Waals surface area (Å²) in [6, 6.07) is -0.369. The monoisotopic (exact) mass is 488 g/mol. The number of nitrogens with two attached hydrogens (primary N) is 2. The highest BCUT2D eigenvalue weighted by atomic mass is 16.3. The van der Waals surface area contributed by atoms with Gasteiger partial charge in [-0.25, -0.2) is 0 Å². The lowest BCUT2D eigenvalue weighted by molar-refractivity contribution is 0.138. The van der Waals surface area contributed by atoms with Gasteiger partial charge in [-0.2, -0.15) is 0 Å². The first-order valence-electron chi connectivity index (χ1n) is 13.3. The second kappa shape index (κ2) is 24.0. The molecule has 0 saturated carbocycles. The van der Waals surface area contributed by atoms with Crippen molar-refractivity contribution < 1.29 is 15.3 Å². The summed E-state index contributed by atoms with van der Waals surface area (Å²) in [6.07, 6.45) is 33.5. The van der Waals surface area contributed by atoms with Gasteiger partial charge in [0.1, 0.15) is 0 Å². The third-order valence-electron chi connectivity index (χ3n) is 5.65. The van der Waals surface area contributed by atoms with Crippen LogP contribution in [0.2, 0.25) is 0 Å². The lowest BCUT2D eigenvalue weighted by atomic mass is 10.0. The summed E-state index contributed by atoms with van der Waals surface area (Å²) in [5, 5.41) is 29.2. The van der Waals surface area contributed by atoms with E-state index in [0.29, 0.717) is 12.8 Å². The van der Waals surface area contributed by atoms with Crippen molar-refractivity contribution in [1.82, 2.24) is 0 Å². The predicted molar refractivity (Wildman–Crippen MR) is 151 cm³/mol. The van der Waals surface area contributed by atoms with Crippen LogP contribution in [0, 0.1) is 0 Å². The van der Waals surface area contributed by atoms with Crippen molar-refractivity contribution in [3.63, 3.8) is 0 Å². The van der Waals surface area contributed by atoms with Crippen LogP contribution in [0.3, 0.4) is 0 Å². The van der Waals surface area contributed by atoms with Crippen molar-refractivity contribution >= 4 is 0 Å². The van der Waals surface area contributed by atoms with E-state index in [0.717, 1.165) is 44.9 Å². The number of unbranched alkanes of at least 4 members (excludes halogenated alkanes) is 4. The Morgan fingerprint density at radius 3 is 1.74 bits per heavy atom. The molecular weight excluding hydrogens is 436 g/mol. The van der Waals surface area contributed by atoms with Crippen molar-refractivity contribution in [2.75, 3.05) is 0 Å². The zero-order valence-corrected chi connectivity index (χ0v) is 22.1. The van der Waals surface area contributed by atoms with Crippen LogP contribution in [-0.4, -0.2) is 45.7 Å². The summed E-state index contributed by atoms with van der Waals surface area (Å²) in [4.78, 5) is 0. The second-order valence-corrected chi connectivity index (χ2v) is 9.29. The van der Waals surface area contributed by atoms with E-state index in [1.54, 1.807) is 13.0 Å². The number of allylic oxidation sites excluding steroid dienone is 9. The number of aliphatic hydroxyl groups is 3. The summed E-state index contributed by atoms with van der Waals surface area (Å²) >= 11 is 0. The summed E-state index contributed by atoms with van der Waals surface area (Å²) in [5.41, 5.74) is 11.3. The normalized spacial score (nSPS) is 17.6. The van der Waals surface area contributed by atoms with Gasteiger partial charge in [0.2, 0.25) is 0 Å². The Hall–Kier alpha value is -1.76. The van der Waals surface area contributed by atoms with Gasteiger partial charge in [-0.15, -0.1) is 0 Å². The molecule has 5 heteroatoms. The molecule has 0 aliphatic carbocycles. The fraction of sp³-hybridized carbons (Fsp3) is 0.600. The standard InChI is InChI=1S/C30H52N2O3/c1-26(31)29(34)24-19-17-15-13-11-9-7-5-3-4-6-8-10-12-14-16-18-22-28(33)23-20-21-25-30(35)27(2)32/h3-4,7-10,14,16,18,20-22,26-30,33-35H,5-6,11-13,15,17,19,23-25,31-32H2,1-2H3/b4-3-,9-7-,10-8-,16-14-,21-20-,22-18+/t26-,27-,28?,29+,30+/m1/s1. The quantitative estimate of drug-likeness (QED) is 0.0844. The molecule has 5 atom stereocenters. The molecule has 0 fully saturated rings. The first kappa shape index (κ1) is 33.2. The largest absolute Gasteiger partial charge is 0.392 e. The van der Waals surface area contributed by atoms with Gasteiger partial charge in [0.15, 0.2) is 0 Å². The van der Waals surface area contributed by atoms with Crippen molar-refractivity contribution in [1.29, 1.82) is 0 Å². The molecule has 0 aliphatic heterocycles. The van der Waals surface area contributed by atoms with E-state index < -0.39 is 12.2 Å². The maximum atomic E-state index is 9.89. The van der Waals surface area contributed by atoms with E-state index in [2.05, 4.69) is 42.5 Å². The van der Waals surface area contributed by atoms with E-state index in [1.165, 1.54) is 12.8 Å². The first-order chi connectivity index (χ1) is 16.8. The van der Waals surface area contributed by atoms with Crippen molar-refractivity contribution in [2.24, 2.45) is 11.5 Å². The minimum atomic E-state index is -0.535. The molecule has 7 N–H and O–H groups in total. The highest BCUT2D eigenvalue weighted by molar-refractivity contribution is 5.08. The minimum absolute atomic E-state index is 0.125. The van der Waals surface area contributed by atoms with Crippen LogP contribution in [0.25, 0.3) is 0 Å². The zero-order valence-electron chi connectivity index (χ0n) is 22.1. The molecule has 0 spiro atoms.